The highest BCUT2D eigenvalue weighted by atomic mass is 35.5. The number of nitrogens with one attached hydrogen (secondary N) is 1. The third-order valence-corrected chi connectivity index (χ3v) is 5.64. The fourth-order valence-electron chi connectivity index (χ4n) is 2.70. The van der Waals surface area contributed by atoms with Crippen LogP contribution >= 0.6 is 46.1 Å². The quantitative estimate of drug-likeness (QED) is 0.207. The molecule has 2 aromatic heterocycles. The Morgan fingerprint density at radius 3 is 2.66 bits per heavy atom. The van der Waals surface area contributed by atoms with E-state index in [1.165, 1.54) is 11.3 Å². The molecule has 1 N–H and O–H groups in total. The van der Waals surface area contributed by atoms with Gasteiger partial charge in [-0.05, 0) is 43.3 Å². The van der Waals surface area contributed by atoms with E-state index in [4.69, 9.17) is 39.2 Å². The van der Waals surface area contributed by atoms with Gasteiger partial charge in [0.1, 0.15) is 5.58 Å². The molecule has 4 aromatic rings. The lowest BCUT2D eigenvalue weighted by molar-refractivity contribution is 0.563. The van der Waals surface area contributed by atoms with Gasteiger partial charge in [-0.15, -0.1) is 11.3 Å². The Balaban J connectivity index is 1.61. The van der Waals surface area contributed by atoms with Crippen LogP contribution in [0.2, 0.25) is 15.1 Å². The van der Waals surface area contributed by atoms with E-state index in [1.54, 1.807) is 47.8 Å². The van der Waals surface area contributed by atoms with E-state index >= 15 is 0 Å². The van der Waals surface area contributed by atoms with E-state index in [0.717, 1.165) is 10.9 Å². The minimum absolute atomic E-state index is 0.352. The van der Waals surface area contributed by atoms with Gasteiger partial charge < -0.3 is 4.42 Å². The Bertz CT molecular complexity index is 1310. The predicted molar refractivity (Wildman–Crippen MR) is 121 cm³/mol. The van der Waals surface area contributed by atoms with Crippen molar-refractivity contribution in [1.29, 1.82) is 0 Å². The number of hydrazone groups is 1. The number of benzene rings is 2. The fraction of sp³-hybridized carbons (Fsp3) is 0.0500. The van der Waals surface area contributed by atoms with Gasteiger partial charge in [0.25, 0.3) is 0 Å². The molecule has 9 heteroatoms. The molecule has 0 bridgehead atoms. The SMILES string of the molecule is C/C(=N\Nc1nc(-c2cc3cc(Cl)ccc3oc2=O)cs1)c1ccc(Cl)cc1Cl. The van der Waals surface area contributed by atoms with Crippen LogP contribution in [-0.2, 0) is 0 Å². The molecule has 0 aliphatic heterocycles. The first-order chi connectivity index (χ1) is 13.9. The Kier molecular flexibility index (Phi) is 5.61. The van der Waals surface area contributed by atoms with E-state index in [0.29, 0.717) is 42.8 Å². The van der Waals surface area contributed by atoms with E-state index in [2.05, 4.69) is 15.5 Å². The lowest BCUT2D eigenvalue weighted by Crippen LogP contribution is -2.03. The van der Waals surface area contributed by atoms with Crippen LogP contribution in [0.25, 0.3) is 22.2 Å². The average molecular weight is 465 g/mol. The Labute approximate surface area is 184 Å². The largest absolute Gasteiger partial charge is 0.422 e. The van der Waals surface area contributed by atoms with Gasteiger partial charge in [0.2, 0.25) is 5.13 Å². The van der Waals surface area contributed by atoms with Crippen LogP contribution in [0.5, 0.6) is 0 Å². The highest BCUT2D eigenvalue weighted by Gasteiger charge is 2.12. The van der Waals surface area contributed by atoms with Crippen molar-refractivity contribution >= 4 is 68.0 Å². The zero-order valence-corrected chi connectivity index (χ0v) is 18.0. The van der Waals surface area contributed by atoms with Gasteiger partial charge in [-0.3, -0.25) is 5.43 Å². The molecule has 0 unspecified atom stereocenters. The van der Waals surface area contributed by atoms with Crippen LogP contribution in [0.1, 0.15) is 12.5 Å². The summed E-state index contributed by atoms with van der Waals surface area (Å²) in [5.74, 6) is 0. The smallest absolute Gasteiger partial charge is 0.345 e. The summed E-state index contributed by atoms with van der Waals surface area (Å²) in [6.07, 6.45) is 0. The van der Waals surface area contributed by atoms with Gasteiger partial charge in [-0.25, -0.2) is 9.78 Å². The third-order valence-electron chi connectivity index (χ3n) is 4.11. The standard InChI is InChI=1S/C20H12Cl3N3O2S/c1-10(14-4-2-13(22)8-16(14)23)25-26-20-24-17(9-29-20)15-7-11-6-12(21)3-5-18(11)28-19(15)27/h2-9H,1H3,(H,24,26)/b25-10+. The molecule has 2 aromatic carbocycles. The van der Waals surface area contributed by atoms with Gasteiger partial charge >= 0.3 is 5.63 Å². The molecule has 0 radical (unpaired) electrons. The molecule has 0 fully saturated rings. The number of fused-ring (bicyclic) bond motifs is 1. The molecule has 0 saturated heterocycles. The van der Waals surface area contributed by atoms with Gasteiger partial charge in [0.15, 0.2) is 0 Å². The highest BCUT2D eigenvalue weighted by molar-refractivity contribution is 7.14. The van der Waals surface area contributed by atoms with E-state index < -0.39 is 5.63 Å². The van der Waals surface area contributed by atoms with Crippen molar-refractivity contribution in [3.8, 4) is 11.3 Å². The van der Waals surface area contributed by atoms with Crippen LogP contribution in [-0.4, -0.2) is 10.7 Å². The highest BCUT2D eigenvalue weighted by Crippen LogP contribution is 2.27. The fourth-order valence-corrected chi connectivity index (χ4v) is 4.07. The molecule has 0 aliphatic carbocycles. The molecular weight excluding hydrogens is 453 g/mol. The first kappa shape index (κ1) is 19.9. The molecule has 0 aliphatic rings. The van der Waals surface area contributed by atoms with Crippen LogP contribution in [0.15, 0.2) is 62.2 Å². The summed E-state index contributed by atoms with van der Waals surface area (Å²) in [4.78, 5) is 16.8. The summed E-state index contributed by atoms with van der Waals surface area (Å²) in [7, 11) is 0. The van der Waals surface area contributed by atoms with Crippen molar-refractivity contribution in [3.05, 3.63) is 78.9 Å². The first-order valence-corrected chi connectivity index (χ1v) is 10.4. The summed E-state index contributed by atoms with van der Waals surface area (Å²) in [5, 5.41) is 8.94. The second-order valence-electron chi connectivity index (χ2n) is 6.10. The molecule has 4 rings (SSSR count). The molecule has 0 spiro atoms. The van der Waals surface area contributed by atoms with Crippen molar-refractivity contribution in [2.24, 2.45) is 5.10 Å². The second kappa shape index (κ2) is 8.16. The monoisotopic (exact) mass is 463 g/mol. The van der Waals surface area contributed by atoms with Crippen molar-refractivity contribution in [3.63, 3.8) is 0 Å². The molecule has 5 nitrogen and oxygen atoms in total. The van der Waals surface area contributed by atoms with Crippen molar-refractivity contribution in [1.82, 2.24) is 4.98 Å². The summed E-state index contributed by atoms with van der Waals surface area (Å²) in [5.41, 5.74) is 5.16. The van der Waals surface area contributed by atoms with E-state index in [9.17, 15) is 4.79 Å². The summed E-state index contributed by atoms with van der Waals surface area (Å²) < 4.78 is 5.37. The van der Waals surface area contributed by atoms with Crippen LogP contribution < -0.4 is 11.1 Å². The molecule has 29 heavy (non-hydrogen) atoms. The zero-order valence-electron chi connectivity index (χ0n) is 14.9. The molecule has 0 amide bonds. The molecule has 0 saturated carbocycles. The number of aromatic nitrogens is 1. The Morgan fingerprint density at radius 2 is 1.86 bits per heavy atom. The first-order valence-electron chi connectivity index (χ1n) is 8.36. The maximum Gasteiger partial charge on any atom is 0.345 e. The Hall–Kier alpha value is -2.38. The number of rotatable bonds is 4. The number of thiazole rings is 1. The number of halogens is 3. The molecule has 0 atom stereocenters. The normalized spacial score (nSPS) is 11.8. The molecule has 146 valence electrons. The third kappa shape index (κ3) is 4.31. The maximum absolute atomic E-state index is 12.3. The summed E-state index contributed by atoms with van der Waals surface area (Å²) in [6, 6.07) is 12.0. The maximum atomic E-state index is 12.3. The number of anilines is 1. The number of hydrogen-bond donors (Lipinski definition) is 1. The van der Waals surface area contributed by atoms with E-state index in [1.807, 2.05) is 6.92 Å². The van der Waals surface area contributed by atoms with Crippen molar-refractivity contribution in [2.45, 2.75) is 6.92 Å². The van der Waals surface area contributed by atoms with Gasteiger partial charge in [-0.2, -0.15) is 5.10 Å². The van der Waals surface area contributed by atoms with E-state index in [-0.39, 0.29) is 0 Å². The van der Waals surface area contributed by atoms with Crippen LogP contribution in [0.3, 0.4) is 0 Å². The number of nitrogens with zero attached hydrogens (tertiary/aromatic N) is 2. The second-order valence-corrected chi connectivity index (χ2v) is 8.24. The zero-order chi connectivity index (χ0) is 20.5. The minimum atomic E-state index is -0.468. The van der Waals surface area contributed by atoms with Gasteiger partial charge in [0.05, 0.1) is 22.0 Å². The molecular formula is C20H12Cl3N3O2S. The lowest BCUT2D eigenvalue weighted by atomic mass is 10.1. The molecule has 2 heterocycles. The minimum Gasteiger partial charge on any atom is -0.422 e. The Morgan fingerprint density at radius 1 is 1.10 bits per heavy atom. The topological polar surface area (TPSA) is 67.5 Å². The van der Waals surface area contributed by atoms with Crippen molar-refractivity contribution < 1.29 is 4.42 Å². The van der Waals surface area contributed by atoms with Crippen molar-refractivity contribution in [2.75, 3.05) is 5.43 Å². The summed E-state index contributed by atoms with van der Waals surface area (Å²) in [6.45, 7) is 1.82. The van der Waals surface area contributed by atoms with Crippen LogP contribution in [0.4, 0.5) is 5.13 Å². The number of hydrogen-bond acceptors (Lipinski definition) is 6. The van der Waals surface area contributed by atoms with Gasteiger partial charge in [-0.1, -0.05) is 40.9 Å². The summed E-state index contributed by atoms with van der Waals surface area (Å²) >= 11 is 19.5. The van der Waals surface area contributed by atoms with Crippen LogP contribution in [0, 0.1) is 0 Å². The average Bonchev–Trinajstić information content (AvgIpc) is 3.14. The van der Waals surface area contributed by atoms with Gasteiger partial charge in [0, 0.05) is 26.4 Å². The lowest BCUT2D eigenvalue weighted by Gasteiger charge is -2.04. The predicted octanol–water partition coefficient (Wildman–Crippen LogP) is 6.71.